The number of nitrogens with zero attached hydrogens (tertiary/aromatic N) is 2. The minimum atomic E-state index is -4.01. The Morgan fingerprint density at radius 2 is 1.69 bits per heavy atom. The molecule has 4 aromatic rings. The fourth-order valence-electron chi connectivity index (χ4n) is 3.31. The van der Waals surface area contributed by atoms with Crippen LogP contribution in [0, 0.1) is 0 Å². The fraction of sp³-hybridized carbons (Fsp3) is 0.167. The molecular formula is C24H23N5O5S. The summed E-state index contributed by atoms with van der Waals surface area (Å²) in [6, 6.07) is 19.6. The monoisotopic (exact) mass is 493 g/mol. The molecule has 10 nitrogen and oxygen atoms in total. The number of aromatic amines is 1. The highest BCUT2D eigenvalue weighted by Gasteiger charge is 2.25. The number of esters is 1. The number of benzene rings is 2. The SMILES string of the molecule is O=C(C[C@@H](NC(=O)c1ccccc1)NS(=O)(=O)c1ccccc1)OCCc1nc2ncccc2[nH]1. The van der Waals surface area contributed by atoms with Gasteiger partial charge in [0.2, 0.25) is 10.0 Å². The van der Waals surface area contributed by atoms with E-state index in [4.69, 9.17) is 4.74 Å². The Hall–Kier alpha value is -4.09. The number of amides is 1. The maximum absolute atomic E-state index is 12.8. The van der Waals surface area contributed by atoms with Crippen LogP contribution in [0.4, 0.5) is 0 Å². The van der Waals surface area contributed by atoms with Gasteiger partial charge in [-0.25, -0.2) is 18.4 Å². The lowest BCUT2D eigenvalue weighted by atomic mass is 10.2. The molecule has 1 atom stereocenters. The molecule has 2 aromatic carbocycles. The Kier molecular flexibility index (Phi) is 7.48. The van der Waals surface area contributed by atoms with Crippen molar-refractivity contribution in [3.63, 3.8) is 0 Å². The van der Waals surface area contributed by atoms with Gasteiger partial charge in [-0.05, 0) is 36.4 Å². The van der Waals surface area contributed by atoms with E-state index in [1.165, 1.54) is 12.1 Å². The van der Waals surface area contributed by atoms with Crippen LogP contribution in [-0.2, 0) is 26.0 Å². The van der Waals surface area contributed by atoms with Crippen molar-refractivity contribution >= 4 is 33.1 Å². The summed E-state index contributed by atoms with van der Waals surface area (Å²) in [4.78, 5) is 36.7. The summed E-state index contributed by atoms with van der Waals surface area (Å²) in [7, 11) is -4.01. The molecule has 2 aromatic heterocycles. The maximum Gasteiger partial charge on any atom is 0.309 e. The van der Waals surface area contributed by atoms with E-state index in [2.05, 4.69) is 25.0 Å². The summed E-state index contributed by atoms with van der Waals surface area (Å²) in [5.41, 5.74) is 1.66. The molecule has 4 rings (SSSR count). The van der Waals surface area contributed by atoms with E-state index in [1.54, 1.807) is 60.8 Å². The molecule has 3 N–H and O–H groups in total. The average Bonchev–Trinajstić information content (AvgIpc) is 3.27. The third-order valence-electron chi connectivity index (χ3n) is 4.97. The van der Waals surface area contributed by atoms with Gasteiger partial charge in [0.15, 0.2) is 5.65 Å². The zero-order valence-corrected chi connectivity index (χ0v) is 19.4. The predicted octanol–water partition coefficient (Wildman–Crippen LogP) is 2.17. The second kappa shape index (κ2) is 10.9. The molecule has 2 heterocycles. The van der Waals surface area contributed by atoms with E-state index in [0.717, 1.165) is 5.52 Å². The summed E-state index contributed by atoms with van der Waals surface area (Å²) in [5.74, 6) is -0.618. The molecule has 0 unspecified atom stereocenters. The topological polar surface area (TPSA) is 143 Å². The van der Waals surface area contributed by atoms with Crippen LogP contribution in [0.3, 0.4) is 0 Å². The largest absolute Gasteiger partial charge is 0.465 e. The summed E-state index contributed by atoms with van der Waals surface area (Å²) < 4.78 is 33.2. The first-order valence-corrected chi connectivity index (χ1v) is 12.3. The number of ether oxygens (including phenoxy) is 1. The van der Waals surface area contributed by atoms with E-state index in [1.807, 2.05) is 6.07 Å². The zero-order valence-electron chi connectivity index (χ0n) is 18.5. The molecule has 0 bridgehead atoms. The van der Waals surface area contributed by atoms with Gasteiger partial charge in [-0.1, -0.05) is 36.4 Å². The van der Waals surface area contributed by atoms with Gasteiger partial charge in [-0.15, -0.1) is 0 Å². The number of nitrogens with one attached hydrogen (secondary N) is 3. The third-order valence-corrected chi connectivity index (χ3v) is 6.46. The Bertz CT molecular complexity index is 1380. The molecule has 35 heavy (non-hydrogen) atoms. The van der Waals surface area contributed by atoms with Crippen LogP contribution in [0.5, 0.6) is 0 Å². The highest BCUT2D eigenvalue weighted by Crippen LogP contribution is 2.11. The second-order valence-electron chi connectivity index (χ2n) is 7.56. The molecular weight excluding hydrogens is 470 g/mol. The lowest BCUT2D eigenvalue weighted by Gasteiger charge is -2.20. The number of pyridine rings is 1. The van der Waals surface area contributed by atoms with Gasteiger partial charge in [-0.2, -0.15) is 4.72 Å². The van der Waals surface area contributed by atoms with Gasteiger partial charge in [0.1, 0.15) is 12.0 Å². The van der Waals surface area contributed by atoms with Crippen molar-refractivity contribution in [3.8, 4) is 0 Å². The lowest BCUT2D eigenvalue weighted by Crippen LogP contribution is -2.49. The van der Waals surface area contributed by atoms with Gasteiger partial charge in [0.05, 0.1) is 23.4 Å². The van der Waals surface area contributed by atoms with Crippen LogP contribution in [0.1, 0.15) is 22.6 Å². The number of rotatable bonds is 10. The van der Waals surface area contributed by atoms with Crippen LogP contribution in [0.2, 0.25) is 0 Å². The van der Waals surface area contributed by atoms with Gasteiger partial charge in [-0.3, -0.25) is 9.59 Å². The van der Waals surface area contributed by atoms with Crippen molar-refractivity contribution in [1.29, 1.82) is 0 Å². The average molecular weight is 494 g/mol. The van der Waals surface area contributed by atoms with Gasteiger partial charge in [0.25, 0.3) is 5.91 Å². The number of aromatic nitrogens is 3. The third kappa shape index (κ3) is 6.49. The molecule has 0 aliphatic heterocycles. The molecule has 0 aliphatic carbocycles. The molecule has 0 aliphatic rings. The standard InChI is InChI=1S/C24H23N5O5S/c30-22(34-15-13-20-26-19-12-7-14-25-23(19)27-20)16-21(28-24(31)17-8-3-1-4-9-17)29-35(32,33)18-10-5-2-6-11-18/h1-12,14,21,29H,13,15-16H2,(H,28,31)(H,25,26,27)/t21-/m0/s1. The first-order valence-electron chi connectivity index (χ1n) is 10.8. The number of hydrogen-bond acceptors (Lipinski definition) is 7. The molecule has 0 spiro atoms. The van der Waals surface area contributed by atoms with Crippen LogP contribution in [-0.4, -0.2) is 48.0 Å². The minimum absolute atomic E-state index is 0.00539. The van der Waals surface area contributed by atoms with Crippen molar-refractivity contribution < 1.29 is 22.7 Å². The summed E-state index contributed by atoms with van der Waals surface area (Å²) >= 11 is 0. The Labute approximate surface area is 201 Å². The lowest BCUT2D eigenvalue weighted by molar-refractivity contribution is -0.144. The van der Waals surface area contributed by atoms with Crippen LogP contribution in [0.15, 0.2) is 83.9 Å². The molecule has 0 radical (unpaired) electrons. The van der Waals surface area contributed by atoms with Crippen molar-refractivity contribution in [3.05, 3.63) is 90.4 Å². The van der Waals surface area contributed by atoms with Gasteiger partial charge in [0, 0.05) is 18.2 Å². The van der Waals surface area contributed by atoms with Gasteiger partial charge < -0.3 is 15.0 Å². The predicted molar refractivity (Wildman–Crippen MR) is 128 cm³/mol. The number of imidazole rings is 1. The Morgan fingerprint density at radius 1 is 0.971 bits per heavy atom. The molecule has 0 fully saturated rings. The Morgan fingerprint density at radius 3 is 2.40 bits per heavy atom. The van der Waals surface area contributed by atoms with Crippen LogP contribution in [0.25, 0.3) is 11.2 Å². The Balaban J connectivity index is 1.40. The smallest absolute Gasteiger partial charge is 0.309 e. The molecule has 180 valence electrons. The van der Waals surface area contributed by atoms with E-state index in [-0.39, 0.29) is 11.5 Å². The molecule has 11 heteroatoms. The van der Waals surface area contributed by atoms with E-state index in [0.29, 0.717) is 23.5 Å². The van der Waals surface area contributed by atoms with Crippen LogP contribution < -0.4 is 10.0 Å². The minimum Gasteiger partial charge on any atom is -0.465 e. The number of H-pyrrole nitrogens is 1. The van der Waals surface area contributed by atoms with Crippen LogP contribution >= 0.6 is 0 Å². The molecule has 0 saturated heterocycles. The number of carbonyl (C=O) groups excluding carboxylic acids is 2. The normalized spacial score (nSPS) is 12.2. The first-order chi connectivity index (χ1) is 16.9. The summed E-state index contributed by atoms with van der Waals surface area (Å²) in [6.45, 7) is 0.0173. The van der Waals surface area contributed by atoms with Crippen molar-refractivity contribution in [2.24, 2.45) is 0 Å². The fourth-order valence-corrected chi connectivity index (χ4v) is 4.48. The summed E-state index contributed by atoms with van der Waals surface area (Å²) in [6.07, 6.45) is 0.314. The van der Waals surface area contributed by atoms with E-state index < -0.39 is 34.5 Å². The van der Waals surface area contributed by atoms with Crippen molar-refractivity contribution in [2.75, 3.05) is 6.61 Å². The van der Waals surface area contributed by atoms with E-state index >= 15 is 0 Å². The second-order valence-corrected chi connectivity index (χ2v) is 9.27. The summed E-state index contributed by atoms with van der Waals surface area (Å²) in [5, 5.41) is 2.56. The zero-order chi connectivity index (χ0) is 24.7. The molecule has 0 saturated carbocycles. The maximum atomic E-state index is 12.8. The van der Waals surface area contributed by atoms with Crippen molar-refractivity contribution in [1.82, 2.24) is 25.0 Å². The van der Waals surface area contributed by atoms with E-state index in [9.17, 15) is 18.0 Å². The number of fused-ring (bicyclic) bond motifs is 1. The van der Waals surface area contributed by atoms with Crippen molar-refractivity contribution in [2.45, 2.75) is 23.9 Å². The number of carbonyl (C=O) groups is 2. The molecule has 1 amide bonds. The number of hydrogen-bond donors (Lipinski definition) is 3. The number of sulfonamides is 1. The van der Waals surface area contributed by atoms with Gasteiger partial charge >= 0.3 is 5.97 Å². The highest BCUT2D eigenvalue weighted by atomic mass is 32.2. The highest BCUT2D eigenvalue weighted by molar-refractivity contribution is 7.89. The first kappa shape index (κ1) is 24.0. The quantitative estimate of drug-likeness (QED) is 0.227.